The second kappa shape index (κ2) is 8.26. The molecular weight excluding hydrogens is 450 g/mol. The molecule has 8 heteroatoms. The molecule has 36 heavy (non-hydrogen) atoms. The zero-order valence-corrected chi connectivity index (χ0v) is 21.7. The summed E-state index contributed by atoms with van der Waals surface area (Å²) < 4.78 is 6.15. The Labute approximate surface area is 211 Å². The molecule has 8 nitrogen and oxygen atoms in total. The number of fused-ring (bicyclic) bond motifs is 1. The first-order valence-electron chi connectivity index (χ1n) is 12.1. The van der Waals surface area contributed by atoms with Crippen LogP contribution in [0.2, 0.25) is 0 Å². The third-order valence-electron chi connectivity index (χ3n) is 6.65. The minimum atomic E-state index is -0.416. The molecule has 3 N–H and O–H groups in total. The fourth-order valence-corrected chi connectivity index (χ4v) is 5.03. The number of amides is 1. The maximum Gasteiger partial charge on any atom is 0.250 e. The van der Waals surface area contributed by atoms with Crippen LogP contribution in [0.3, 0.4) is 0 Å². The highest BCUT2D eigenvalue weighted by Crippen LogP contribution is 2.38. The Kier molecular flexibility index (Phi) is 5.43. The van der Waals surface area contributed by atoms with Crippen molar-refractivity contribution in [2.24, 2.45) is 12.8 Å². The van der Waals surface area contributed by atoms with E-state index in [1.54, 1.807) is 4.68 Å². The highest BCUT2D eigenvalue weighted by atomic mass is 16.1. The Morgan fingerprint density at radius 3 is 2.64 bits per heavy atom. The van der Waals surface area contributed by atoms with Gasteiger partial charge < -0.3 is 20.2 Å². The largest absolute Gasteiger partial charge is 0.380 e. The van der Waals surface area contributed by atoms with E-state index in [0.29, 0.717) is 12.0 Å². The Morgan fingerprint density at radius 2 is 1.97 bits per heavy atom. The van der Waals surface area contributed by atoms with E-state index in [9.17, 15) is 4.79 Å². The lowest BCUT2D eigenvalue weighted by Crippen LogP contribution is -2.41. The van der Waals surface area contributed by atoms with Gasteiger partial charge in [0, 0.05) is 47.8 Å². The van der Waals surface area contributed by atoms with Gasteiger partial charge in [0.15, 0.2) is 0 Å². The van der Waals surface area contributed by atoms with Crippen LogP contribution >= 0.6 is 0 Å². The molecule has 3 heterocycles. The van der Waals surface area contributed by atoms with Gasteiger partial charge in [0.2, 0.25) is 5.91 Å². The molecule has 0 aliphatic heterocycles. The number of carbonyl (C=O) groups is 1. The smallest absolute Gasteiger partial charge is 0.250 e. The monoisotopic (exact) mass is 483 g/mol. The molecule has 4 aromatic rings. The highest BCUT2D eigenvalue weighted by molar-refractivity contribution is 5.97. The zero-order chi connectivity index (χ0) is 25.8. The van der Waals surface area contributed by atoms with Gasteiger partial charge in [-0.15, -0.1) is 0 Å². The molecule has 186 valence electrons. The fraction of sp³-hybridized carbons (Fsp3) is 0.321. The molecule has 0 bridgehead atoms. The molecule has 0 spiro atoms. The number of hydrogen-bond donors (Lipinski definition) is 2. The van der Waals surface area contributed by atoms with Crippen molar-refractivity contribution in [3.63, 3.8) is 0 Å². The van der Waals surface area contributed by atoms with Gasteiger partial charge in [-0.05, 0) is 64.8 Å². The summed E-state index contributed by atoms with van der Waals surface area (Å²) in [6.45, 7) is 10.5. The van der Waals surface area contributed by atoms with Gasteiger partial charge in [0.1, 0.15) is 0 Å². The fourth-order valence-electron chi connectivity index (χ4n) is 5.03. The third-order valence-corrected chi connectivity index (χ3v) is 6.65. The third kappa shape index (κ3) is 4.12. The molecule has 0 saturated heterocycles. The molecule has 1 aromatic carbocycles. The lowest BCUT2D eigenvalue weighted by atomic mass is 9.87. The second-order valence-electron chi connectivity index (χ2n) is 10.9. The first-order valence-corrected chi connectivity index (χ1v) is 12.1. The summed E-state index contributed by atoms with van der Waals surface area (Å²) in [6.07, 6.45) is 14.6. The van der Waals surface area contributed by atoms with E-state index in [4.69, 9.17) is 5.73 Å². The summed E-state index contributed by atoms with van der Waals surface area (Å²) in [5.41, 5.74) is 11.6. The average molecular weight is 484 g/mol. The van der Waals surface area contributed by atoms with Crippen molar-refractivity contribution in [1.82, 2.24) is 29.2 Å². The van der Waals surface area contributed by atoms with E-state index < -0.39 is 5.91 Å². The Balaban J connectivity index is 1.61. The molecule has 1 amide bonds. The number of aryl methyl sites for hydroxylation is 2. The molecule has 1 atom stereocenters. The summed E-state index contributed by atoms with van der Waals surface area (Å²) in [5.74, 6) is -0.416. The maximum absolute atomic E-state index is 12.2. The van der Waals surface area contributed by atoms with Gasteiger partial charge in [-0.1, -0.05) is 12.1 Å². The van der Waals surface area contributed by atoms with E-state index in [1.807, 2.05) is 38.0 Å². The van der Waals surface area contributed by atoms with Crippen LogP contribution in [0.25, 0.3) is 27.8 Å². The van der Waals surface area contributed by atoms with Crippen molar-refractivity contribution in [3.8, 4) is 16.9 Å². The lowest BCUT2D eigenvalue weighted by molar-refractivity contribution is -0.114. The van der Waals surface area contributed by atoms with Gasteiger partial charge in [-0.25, -0.2) is 4.98 Å². The zero-order valence-electron chi connectivity index (χ0n) is 21.7. The summed E-state index contributed by atoms with van der Waals surface area (Å²) in [7, 11) is 1.90. The number of hydrogen-bond acceptors (Lipinski definition) is 4. The number of aromatic nitrogens is 5. The molecule has 1 unspecified atom stereocenters. The molecule has 3 aromatic heterocycles. The lowest BCUT2D eigenvalue weighted by Gasteiger charge is -2.35. The average Bonchev–Trinajstić information content (AvgIpc) is 3.51. The van der Waals surface area contributed by atoms with Gasteiger partial charge >= 0.3 is 0 Å². The van der Waals surface area contributed by atoms with Crippen LogP contribution < -0.4 is 11.1 Å². The summed E-state index contributed by atoms with van der Waals surface area (Å²) >= 11 is 0. The molecule has 0 fully saturated rings. The van der Waals surface area contributed by atoms with Crippen LogP contribution in [0, 0.1) is 6.92 Å². The minimum absolute atomic E-state index is 0.214. The van der Waals surface area contributed by atoms with E-state index in [2.05, 4.69) is 89.6 Å². The van der Waals surface area contributed by atoms with E-state index in [-0.39, 0.29) is 11.1 Å². The first-order chi connectivity index (χ1) is 16.9. The van der Waals surface area contributed by atoms with Crippen molar-refractivity contribution in [2.45, 2.75) is 52.1 Å². The predicted octanol–water partition coefficient (Wildman–Crippen LogP) is 4.34. The quantitative estimate of drug-likeness (QED) is 0.441. The van der Waals surface area contributed by atoms with Crippen LogP contribution in [0.1, 0.15) is 39.7 Å². The number of nitrogens with zero attached hydrogens (tertiary/aromatic N) is 5. The highest BCUT2D eigenvalue weighted by Gasteiger charge is 2.32. The van der Waals surface area contributed by atoms with Gasteiger partial charge in [-0.2, -0.15) is 5.10 Å². The van der Waals surface area contributed by atoms with Crippen molar-refractivity contribution in [3.05, 3.63) is 78.3 Å². The molecule has 5 rings (SSSR count). The van der Waals surface area contributed by atoms with Crippen molar-refractivity contribution >= 4 is 16.8 Å². The number of rotatable bonds is 5. The molecule has 1 aliphatic carbocycles. The molecule has 1 aliphatic rings. The SMILES string of the molecule is Cc1cn(C2(C)C=C(NC(C)(C)C)C(C(N)=O)=CC2)c2cccc(-n3cnc(-c4cnn(C)c4)c3)c12. The number of imidazole rings is 1. The van der Waals surface area contributed by atoms with Crippen molar-refractivity contribution < 1.29 is 4.79 Å². The standard InChI is InChI=1S/C28H33N7O/c1-18-14-35(28(5)11-10-20(26(29)36)21(12-28)32-27(2,3)4)24-9-7-8-23(25(18)24)34-16-22(30-17-34)19-13-31-33(6)15-19/h7-10,12-17,32H,11H2,1-6H3,(H2,29,36). The van der Waals surface area contributed by atoms with Crippen molar-refractivity contribution in [1.29, 1.82) is 0 Å². The van der Waals surface area contributed by atoms with Crippen LogP contribution in [0.4, 0.5) is 0 Å². The molecule has 0 radical (unpaired) electrons. The van der Waals surface area contributed by atoms with Crippen LogP contribution in [0.5, 0.6) is 0 Å². The predicted molar refractivity (Wildman–Crippen MR) is 143 cm³/mol. The molecular formula is C28H33N7O. The summed E-state index contributed by atoms with van der Waals surface area (Å²) in [5, 5.41) is 8.92. The first kappa shape index (κ1) is 23.7. The summed E-state index contributed by atoms with van der Waals surface area (Å²) in [6, 6.07) is 6.34. The number of carbonyl (C=O) groups excluding carboxylic acids is 1. The van der Waals surface area contributed by atoms with Crippen molar-refractivity contribution in [2.75, 3.05) is 0 Å². The molecule has 0 saturated carbocycles. The maximum atomic E-state index is 12.2. The van der Waals surface area contributed by atoms with E-state index >= 15 is 0 Å². The second-order valence-corrected chi connectivity index (χ2v) is 10.9. The number of benzene rings is 1. The van der Waals surface area contributed by atoms with Crippen LogP contribution in [-0.2, 0) is 17.4 Å². The number of primary amides is 1. The van der Waals surface area contributed by atoms with Gasteiger partial charge in [-0.3, -0.25) is 9.48 Å². The number of nitrogens with one attached hydrogen (secondary N) is 1. The Hall–Kier alpha value is -4.07. The van der Waals surface area contributed by atoms with Crippen LogP contribution in [0.15, 0.2) is 72.7 Å². The van der Waals surface area contributed by atoms with Gasteiger partial charge in [0.05, 0.1) is 40.5 Å². The number of allylic oxidation sites excluding steroid dienone is 2. The van der Waals surface area contributed by atoms with E-state index in [0.717, 1.165) is 33.5 Å². The number of nitrogens with two attached hydrogens (primary N) is 1. The van der Waals surface area contributed by atoms with Gasteiger partial charge in [0.25, 0.3) is 0 Å². The topological polar surface area (TPSA) is 95.7 Å². The minimum Gasteiger partial charge on any atom is -0.380 e. The Morgan fingerprint density at radius 1 is 1.19 bits per heavy atom. The van der Waals surface area contributed by atoms with Crippen LogP contribution in [-0.4, -0.2) is 35.3 Å². The Bertz CT molecular complexity index is 1540. The normalized spacial score (nSPS) is 18.3. The summed E-state index contributed by atoms with van der Waals surface area (Å²) in [4.78, 5) is 16.8. The van der Waals surface area contributed by atoms with E-state index in [1.165, 1.54) is 5.56 Å².